The summed E-state index contributed by atoms with van der Waals surface area (Å²) in [6, 6.07) is 3.54. The second kappa shape index (κ2) is 9.57. The SMILES string of the molecule is CC(OC(=O)CNC(=O)c1ccc(Cl)c(Cl)c1)C(=O)NC(=O)NC(C)(C)C. The third-order valence-corrected chi connectivity index (χ3v) is 3.72. The summed E-state index contributed by atoms with van der Waals surface area (Å²) in [5.41, 5.74) is -0.319. The summed E-state index contributed by atoms with van der Waals surface area (Å²) in [6.07, 6.45) is -1.22. The first-order chi connectivity index (χ1) is 12.4. The molecule has 10 heteroatoms. The van der Waals surface area contributed by atoms with Crippen molar-refractivity contribution in [1.29, 1.82) is 0 Å². The van der Waals surface area contributed by atoms with E-state index >= 15 is 0 Å². The van der Waals surface area contributed by atoms with E-state index in [9.17, 15) is 19.2 Å². The van der Waals surface area contributed by atoms with Gasteiger partial charge in [-0.2, -0.15) is 0 Å². The zero-order valence-corrected chi connectivity index (χ0v) is 16.8. The minimum atomic E-state index is -1.22. The molecule has 0 aromatic heterocycles. The van der Waals surface area contributed by atoms with E-state index in [1.54, 1.807) is 20.8 Å². The fraction of sp³-hybridized carbons (Fsp3) is 0.412. The summed E-state index contributed by atoms with van der Waals surface area (Å²) in [5.74, 6) is -2.20. The van der Waals surface area contributed by atoms with Gasteiger partial charge in [-0.3, -0.25) is 19.7 Å². The summed E-state index contributed by atoms with van der Waals surface area (Å²) in [5, 5.41) is 7.43. The molecule has 1 aromatic carbocycles. The molecule has 0 saturated carbocycles. The van der Waals surface area contributed by atoms with Crippen LogP contribution in [0.4, 0.5) is 4.79 Å². The topological polar surface area (TPSA) is 114 Å². The Labute approximate surface area is 166 Å². The number of carbonyl (C=O) groups is 4. The van der Waals surface area contributed by atoms with Crippen LogP contribution in [-0.4, -0.2) is 42.0 Å². The van der Waals surface area contributed by atoms with Crippen molar-refractivity contribution in [3.8, 4) is 0 Å². The molecule has 8 nitrogen and oxygen atoms in total. The highest BCUT2D eigenvalue weighted by Gasteiger charge is 2.22. The normalized spacial score (nSPS) is 11.9. The standard InChI is InChI=1S/C17H21Cl2N3O5/c1-9(14(24)21-16(26)22-17(2,3)4)27-13(23)8-20-15(25)10-5-6-11(18)12(19)7-10/h5-7,9H,8H2,1-4H3,(H,20,25)(H2,21,22,24,26). The van der Waals surface area contributed by atoms with E-state index in [4.69, 9.17) is 27.9 Å². The van der Waals surface area contributed by atoms with E-state index in [0.29, 0.717) is 5.02 Å². The summed E-state index contributed by atoms with van der Waals surface area (Å²) in [7, 11) is 0. The van der Waals surface area contributed by atoms with Crippen molar-refractivity contribution in [2.75, 3.05) is 6.54 Å². The number of benzene rings is 1. The van der Waals surface area contributed by atoms with Gasteiger partial charge in [0, 0.05) is 11.1 Å². The van der Waals surface area contributed by atoms with E-state index in [1.165, 1.54) is 25.1 Å². The molecule has 0 aliphatic heterocycles. The Hall–Kier alpha value is -2.32. The summed E-state index contributed by atoms with van der Waals surface area (Å²) in [4.78, 5) is 47.2. The molecule has 4 amide bonds. The van der Waals surface area contributed by atoms with Crippen LogP contribution in [0.1, 0.15) is 38.1 Å². The maximum absolute atomic E-state index is 12.0. The molecule has 27 heavy (non-hydrogen) atoms. The third-order valence-electron chi connectivity index (χ3n) is 2.98. The van der Waals surface area contributed by atoms with Crippen molar-refractivity contribution in [3.05, 3.63) is 33.8 Å². The molecule has 0 saturated heterocycles. The zero-order chi connectivity index (χ0) is 20.8. The third kappa shape index (κ3) is 8.27. The van der Waals surface area contributed by atoms with Crippen molar-refractivity contribution in [1.82, 2.24) is 16.0 Å². The Kier molecular flexibility index (Phi) is 8.05. The summed E-state index contributed by atoms with van der Waals surface area (Å²) in [6.45, 7) is 6.08. The lowest BCUT2D eigenvalue weighted by atomic mass is 10.1. The molecule has 0 fully saturated rings. The molecular weight excluding hydrogens is 397 g/mol. The van der Waals surface area contributed by atoms with Crippen LogP contribution in [-0.2, 0) is 14.3 Å². The van der Waals surface area contributed by atoms with E-state index in [0.717, 1.165) is 0 Å². The van der Waals surface area contributed by atoms with E-state index in [1.807, 2.05) is 0 Å². The molecule has 1 rings (SSSR count). The van der Waals surface area contributed by atoms with Crippen LogP contribution in [0, 0.1) is 0 Å². The number of esters is 1. The lowest BCUT2D eigenvalue weighted by Gasteiger charge is -2.21. The van der Waals surface area contributed by atoms with Gasteiger partial charge in [-0.15, -0.1) is 0 Å². The number of halogens is 2. The molecule has 148 valence electrons. The number of ether oxygens (including phenoxy) is 1. The van der Waals surface area contributed by atoms with Crippen LogP contribution in [0.3, 0.4) is 0 Å². The number of amides is 4. The van der Waals surface area contributed by atoms with Crippen LogP contribution in [0.25, 0.3) is 0 Å². The fourth-order valence-electron chi connectivity index (χ4n) is 1.77. The van der Waals surface area contributed by atoms with Crippen molar-refractivity contribution >= 4 is 47.0 Å². The molecule has 0 bridgehead atoms. The lowest BCUT2D eigenvalue weighted by Crippen LogP contribution is -2.50. The highest BCUT2D eigenvalue weighted by atomic mass is 35.5. The number of hydrogen-bond acceptors (Lipinski definition) is 5. The number of rotatable bonds is 5. The molecule has 0 heterocycles. The smallest absolute Gasteiger partial charge is 0.326 e. The fourth-order valence-corrected chi connectivity index (χ4v) is 2.07. The van der Waals surface area contributed by atoms with Gasteiger partial charge in [0.1, 0.15) is 6.54 Å². The second-order valence-electron chi connectivity index (χ2n) is 6.64. The summed E-state index contributed by atoms with van der Waals surface area (Å²) >= 11 is 11.6. The highest BCUT2D eigenvalue weighted by Crippen LogP contribution is 2.22. The predicted octanol–water partition coefficient (Wildman–Crippen LogP) is 2.28. The van der Waals surface area contributed by atoms with Crippen LogP contribution < -0.4 is 16.0 Å². The van der Waals surface area contributed by atoms with Crippen LogP contribution in [0.2, 0.25) is 10.0 Å². The largest absolute Gasteiger partial charge is 0.451 e. The van der Waals surface area contributed by atoms with E-state index in [2.05, 4.69) is 16.0 Å². The van der Waals surface area contributed by atoms with Crippen molar-refractivity contribution in [3.63, 3.8) is 0 Å². The number of hydrogen-bond donors (Lipinski definition) is 3. The van der Waals surface area contributed by atoms with Gasteiger partial charge in [-0.05, 0) is 45.9 Å². The van der Waals surface area contributed by atoms with Crippen LogP contribution in [0.5, 0.6) is 0 Å². The predicted molar refractivity (Wildman–Crippen MR) is 101 cm³/mol. The minimum Gasteiger partial charge on any atom is -0.451 e. The number of imide groups is 1. The maximum Gasteiger partial charge on any atom is 0.326 e. The average molecular weight is 418 g/mol. The molecule has 1 aromatic rings. The summed E-state index contributed by atoms with van der Waals surface area (Å²) < 4.78 is 4.88. The maximum atomic E-state index is 12.0. The Bertz CT molecular complexity index is 747. The molecule has 3 N–H and O–H groups in total. The Morgan fingerprint density at radius 3 is 2.30 bits per heavy atom. The molecular formula is C17H21Cl2N3O5. The number of nitrogens with one attached hydrogen (secondary N) is 3. The van der Waals surface area contributed by atoms with Crippen molar-refractivity contribution < 1.29 is 23.9 Å². The quantitative estimate of drug-likeness (QED) is 0.635. The molecule has 0 spiro atoms. The molecule has 0 radical (unpaired) electrons. The highest BCUT2D eigenvalue weighted by molar-refractivity contribution is 6.42. The first-order valence-corrected chi connectivity index (χ1v) is 8.70. The van der Waals surface area contributed by atoms with E-state index in [-0.39, 0.29) is 10.6 Å². The van der Waals surface area contributed by atoms with Gasteiger partial charge < -0.3 is 15.4 Å². The molecule has 1 atom stereocenters. The van der Waals surface area contributed by atoms with Crippen molar-refractivity contribution in [2.24, 2.45) is 0 Å². The van der Waals surface area contributed by atoms with Crippen LogP contribution in [0.15, 0.2) is 18.2 Å². The molecule has 0 aliphatic carbocycles. The van der Waals surface area contributed by atoms with Gasteiger partial charge in [0.15, 0.2) is 6.10 Å². The van der Waals surface area contributed by atoms with Crippen molar-refractivity contribution in [2.45, 2.75) is 39.3 Å². The van der Waals surface area contributed by atoms with Crippen LogP contribution >= 0.6 is 23.2 Å². The number of carbonyl (C=O) groups excluding carboxylic acids is 4. The average Bonchev–Trinajstić information content (AvgIpc) is 2.53. The Morgan fingerprint density at radius 1 is 1.11 bits per heavy atom. The van der Waals surface area contributed by atoms with E-state index < -0.39 is 42.0 Å². The van der Waals surface area contributed by atoms with Gasteiger partial charge in [0.2, 0.25) is 0 Å². The Balaban J connectivity index is 2.46. The monoisotopic (exact) mass is 417 g/mol. The zero-order valence-electron chi connectivity index (χ0n) is 15.3. The van der Waals surface area contributed by atoms with Gasteiger partial charge >= 0.3 is 12.0 Å². The number of urea groups is 1. The van der Waals surface area contributed by atoms with Gasteiger partial charge in [-0.1, -0.05) is 23.2 Å². The lowest BCUT2D eigenvalue weighted by molar-refractivity contribution is -0.153. The van der Waals surface area contributed by atoms with Gasteiger partial charge in [0.05, 0.1) is 10.0 Å². The molecule has 0 aliphatic rings. The van der Waals surface area contributed by atoms with Gasteiger partial charge in [0.25, 0.3) is 11.8 Å². The first-order valence-electron chi connectivity index (χ1n) is 7.95. The minimum absolute atomic E-state index is 0.200. The first kappa shape index (κ1) is 22.7. The Morgan fingerprint density at radius 2 is 1.74 bits per heavy atom. The van der Waals surface area contributed by atoms with Gasteiger partial charge in [-0.25, -0.2) is 4.79 Å². The molecule has 1 unspecified atom stereocenters. The second-order valence-corrected chi connectivity index (χ2v) is 7.45.